The molecule has 0 aromatic carbocycles. The van der Waals surface area contributed by atoms with Gasteiger partial charge in [0.1, 0.15) is 12.2 Å². The van der Waals surface area contributed by atoms with Gasteiger partial charge >= 0.3 is 11.9 Å². The van der Waals surface area contributed by atoms with Crippen LogP contribution in [0.2, 0.25) is 0 Å². The van der Waals surface area contributed by atoms with E-state index in [0.29, 0.717) is 29.6 Å². The molecule has 4 heteroatoms. The SMILES string of the molecule is CC1C2CC(C(=O)OC3C4CC5C(=O)OC3C5C4)C(C2)C1C. The zero-order valence-electron chi connectivity index (χ0n) is 13.2. The van der Waals surface area contributed by atoms with Crippen molar-refractivity contribution in [2.45, 2.75) is 51.7 Å². The monoisotopic (exact) mass is 304 g/mol. The number of carbonyl (C=O) groups excluding carboxylic acids is 2. The van der Waals surface area contributed by atoms with Crippen LogP contribution >= 0.6 is 0 Å². The van der Waals surface area contributed by atoms with Crippen molar-refractivity contribution in [3.05, 3.63) is 0 Å². The Kier molecular flexibility index (Phi) is 2.60. The normalized spacial score (nSPS) is 57.5. The van der Waals surface area contributed by atoms with Crippen LogP contribution in [0.5, 0.6) is 0 Å². The van der Waals surface area contributed by atoms with Gasteiger partial charge < -0.3 is 9.47 Å². The highest BCUT2D eigenvalue weighted by atomic mass is 16.6. The Morgan fingerprint density at radius 3 is 2.55 bits per heavy atom. The van der Waals surface area contributed by atoms with E-state index in [1.54, 1.807) is 0 Å². The molecular weight excluding hydrogens is 280 g/mol. The number of fused-ring (bicyclic) bond motifs is 3. The van der Waals surface area contributed by atoms with Crippen molar-refractivity contribution in [1.29, 1.82) is 0 Å². The molecule has 4 aliphatic carbocycles. The van der Waals surface area contributed by atoms with Crippen molar-refractivity contribution in [2.75, 3.05) is 0 Å². The maximum Gasteiger partial charge on any atom is 0.309 e. The van der Waals surface area contributed by atoms with Gasteiger partial charge in [0, 0.05) is 11.8 Å². The van der Waals surface area contributed by atoms with E-state index in [2.05, 4.69) is 13.8 Å². The van der Waals surface area contributed by atoms with Crippen molar-refractivity contribution in [2.24, 2.45) is 47.3 Å². The second kappa shape index (κ2) is 4.27. The van der Waals surface area contributed by atoms with Gasteiger partial charge in [-0.15, -0.1) is 0 Å². The summed E-state index contributed by atoms with van der Waals surface area (Å²) in [5.74, 6) is 3.35. The molecule has 1 aliphatic heterocycles. The molecule has 1 saturated heterocycles. The molecule has 4 bridgehead atoms. The second-order valence-corrected chi connectivity index (χ2v) is 8.52. The minimum atomic E-state index is -0.160. The van der Waals surface area contributed by atoms with Crippen LogP contribution < -0.4 is 0 Å². The Hall–Kier alpha value is -1.06. The Bertz CT molecular complexity index is 541. The van der Waals surface area contributed by atoms with Gasteiger partial charge in [-0.1, -0.05) is 13.8 Å². The van der Waals surface area contributed by atoms with Crippen LogP contribution in [0.15, 0.2) is 0 Å². The summed E-state index contributed by atoms with van der Waals surface area (Å²) in [6, 6.07) is 0. The Morgan fingerprint density at radius 1 is 1.05 bits per heavy atom. The van der Waals surface area contributed by atoms with E-state index in [0.717, 1.165) is 25.2 Å². The third kappa shape index (κ3) is 1.54. The zero-order valence-corrected chi connectivity index (χ0v) is 13.2. The molecule has 4 saturated carbocycles. The Labute approximate surface area is 130 Å². The summed E-state index contributed by atoms with van der Waals surface area (Å²) in [7, 11) is 0. The molecule has 0 spiro atoms. The molecule has 0 radical (unpaired) electrons. The van der Waals surface area contributed by atoms with Gasteiger partial charge in [0.05, 0.1) is 11.8 Å². The topological polar surface area (TPSA) is 52.6 Å². The van der Waals surface area contributed by atoms with Gasteiger partial charge in [0.25, 0.3) is 0 Å². The van der Waals surface area contributed by atoms with Crippen LogP contribution in [0.1, 0.15) is 39.5 Å². The van der Waals surface area contributed by atoms with Gasteiger partial charge in [-0.25, -0.2) is 0 Å². The summed E-state index contributed by atoms with van der Waals surface area (Å²) in [5.41, 5.74) is 0. The lowest BCUT2D eigenvalue weighted by atomic mass is 9.76. The summed E-state index contributed by atoms with van der Waals surface area (Å²) >= 11 is 0. The summed E-state index contributed by atoms with van der Waals surface area (Å²) in [5, 5.41) is 0. The number of esters is 2. The summed E-state index contributed by atoms with van der Waals surface area (Å²) in [6.07, 6.45) is 3.76. The summed E-state index contributed by atoms with van der Waals surface area (Å²) < 4.78 is 11.4. The van der Waals surface area contributed by atoms with Crippen molar-refractivity contribution >= 4 is 11.9 Å². The van der Waals surface area contributed by atoms with E-state index in [4.69, 9.17) is 9.47 Å². The molecular formula is C18H24O4. The van der Waals surface area contributed by atoms with Crippen molar-refractivity contribution in [3.63, 3.8) is 0 Å². The first kappa shape index (κ1) is 13.4. The van der Waals surface area contributed by atoms with Crippen LogP contribution in [0.3, 0.4) is 0 Å². The number of ether oxygens (including phenoxy) is 2. The first-order chi connectivity index (χ1) is 10.5. The first-order valence-electron chi connectivity index (χ1n) is 8.95. The minimum absolute atomic E-state index is 0.0108. The minimum Gasteiger partial charge on any atom is -0.458 e. The fourth-order valence-electron chi connectivity index (χ4n) is 6.50. The first-order valence-corrected chi connectivity index (χ1v) is 8.95. The molecule has 10 atom stereocenters. The molecule has 10 unspecified atom stereocenters. The van der Waals surface area contributed by atoms with Gasteiger partial charge in [0.15, 0.2) is 0 Å². The number of rotatable bonds is 2. The van der Waals surface area contributed by atoms with Crippen LogP contribution in [0, 0.1) is 47.3 Å². The highest BCUT2D eigenvalue weighted by Crippen LogP contribution is 2.57. The zero-order chi connectivity index (χ0) is 15.2. The maximum atomic E-state index is 12.7. The van der Waals surface area contributed by atoms with Crippen molar-refractivity contribution in [3.8, 4) is 0 Å². The molecule has 4 nitrogen and oxygen atoms in total. The van der Waals surface area contributed by atoms with Crippen LogP contribution in [-0.2, 0) is 19.1 Å². The van der Waals surface area contributed by atoms with Gasteiger partial charge in [-0.2, -0.15) is 0 Å². The molecule has 0 N–H and O–H groups in total. The molecule has 0 aromatic rings. The van der Waals surface area contributed by atoms with Gasteiger partial charge in [-0.3, -0.25) is 9.59 Å². The lowest BCUT2D eigenvalue weighted by molar-refractivity contribution is -0.168. The third-order valence-electron chi connectivity index (χ3n) is 7.87. The summed E-state index contributed by atoms with van der Waals surface area (Å²) in [6.45, 7) is 4.61. The Morgan fingerprint density at radius 2 is 1.82 bits per heavy atom. The van der Waals surface area contributed by atoms with E-state index in [1.165, 1.54) is 6.42 Å². The van der Waals surface area contributed by atoms with Gasteiger partial charge in [-0.05, 0) is 49.4 Å². The number of carbonyl (C=O) groups is 2. The summed E-state index contributed by atoms with van der Waals surface area (Å²) in [4.78, 5) is 24.5. The molecule has 5 rings (SSSR count). The van der Waals surface area contributed by atoms with Crippen LogP contribution in [0.25, 0.3) is 0 Å². The fourth-order valence-corrected chi connectivity index (χ4v) is 6.50. The molecule has 5 fully saturated rings. The van der Waals surface area contributed by atoms with Crippen molar-refractivity contribution < 1.29 is 19.1 Å². The highest BCUT2D eigenvalue weighted by molar-refractivity contribution is 5.77. The lowest BCUT2D eigenvalue weighted by Gasteiger charge is -2.32. The van der Waals surface area contributed by atoms with E-state index in [9.17, 15) is 9.59 Å². The maximum absolute atomic E-state index is 12.7. The fraction of sp³-hybridized carbons (Fsp3) is 0.889. The Balaban J connectivity index is 1.30. The number of hydrogen-bond donors (Lipinski definition) is 0. The molecule has 0 aromatic heterocycles. The van der Waals surface area contributed by atoms with Crippen molar-refractivity contribution in [1.82, 2.24) is 0 Å². The number of hydrogen-bond acceptors (Lipinski definition) is 4. The molecule has 120 valence electrons. The average Bonchev–Trinajstić information content (AvgIpc) is 3.23. The smallest absolute Gasteiger partial charge is 0.309 e. The van der Waals surface area contributed by atoms with E-state index < -0.39 is 0 Å². The molecule has 5 aliphatic rings. The third-order valence-corrected chi connectivity index (χ3v) is 7.87. The second-order valence-electron chi connectivity index (χ2n) is 8.52. The lowest BCUT2D eigenvalue weighted by Crippen LogP contribution is -2.39. The van der Waals surface area contributed by atoms with E-state index in [-0.39, 0.29) is 36.0 Å². The molecule has 22 heavy (non-hydrogen) atoms. The molecule has 1 heterocycles. The predicted molar refractivity (Wildman–Crippen MR) is 77.5 cm³/mol. The largest absolute Gasteiger partial charge is 0.458 e. The predicted octanol–water partition coefficient (Wildman–Crippen LogP) is 2.41. The highest BCUT2D eigenvalue weighted by Gasteiger charge is 2.63. The van der Waals surface area contributed by atoms with E-state index in [1.807, 2.05) is 0 Å². The van der Waals surface area contributed by atoms with Crippen LogP contribution in [0.4, 0.5) is 0 Å². The van der Waals surface area contributed by atoms with Crippen LogP contribution in [-0.4, -0.2) is 24.1 Å². The van der Waals surface area contributed by atoms with Gasteiger partial charge in [0.2, 0.25) is 0 Å². The van der Waals surface area contributed by atoms with E-state index >= 15 is 0 Å². The quantitative estimate of drug-likeness (QED) is 0.735. The average molecular weight is 304 g/mol. The molecule has 0 amide bonds. The standard InChI is InChI=1S/C18H24O4/c1-7-8(2)11-3-9(7)4-13(11)17(19)21-15-10-5-12-14(6-10)18(20)22-16(12)15/h7-16H,3-6H2,1-2H3.